The first-order valence-electron chi connectivity index (χ1n) is 6.59. The van der Waals surface area contributed by atoms with Crippen LogP contribution in [0.1, 0.15) is 6.92 Å². The molecule has 21 heavy (non-hydrogen) atoms. The van der Waals surface area contributed by atoms with Crippen LogP contribution in [0.3, 0.4) is 0 Å². The quantitative estimate of drug-likeness (QED) is 0.769. The fourth-order valence-electron chi connectivity index (χ4n) is 3.11. The van der Waals surface area contributed by atoms with Gasteiger partial charge in [0.25, 0.3) is 0 Å². The summed E-state index contributed by atoms with van der Waals surface area (Å²) in [7, 11) is -3.17. The van der Waals surface area contributed by atoms with Crippen molar-refractivity contribution < 1.29 is 17.2 Å². The highest BCUT2D eigenvalue weighted by molar-refractivity contribution is 7.91. The summed E-state index contributed by atoms with van der Waals surface area (Å²) in [6.07, 6.45) is 0. The maximum absolute atomic E-state index is 14.0. The van der Waals surface area contributed by atoms with Gasteiger partial charge in [-0.2, -0.15) is 0 Å². The fraction of sp³-hybridized carbons (Fsp3) is 0.462. The topological polar surface area (TPSA) is 40.6 Å². The van der Waals surface area contributed by atoms with E-state index in [1.54, 1.807) is 4.90 Å². The van der Waals surface area contributed by atoms with Gasteiger partial charge in [-0.3, -0.25) is 0 Å². The normalized spacial score (nSPS) is 27.3. The summed E-state index contributed by atoms with van der Waals surface area (Å²) < 4.78 is 50.9. The molecule has 0 spiro atoms. The number of hydrogen-bond donors (Lipinski definition) is 0. The van der Waals surface area contributed by atoms with E-state index < -0.39 is 27.5 Å². The van der Waals surface area contributed by atoms with E-state index in [-0.39, 0.29) is 23.2 Å². The van der Waals surface area contributed by atoms with Gasteiger partial charge in [0.15, 0.2) is 14.9 Å². The van der Waals surface area contributed by atoms with Gasteiger partial charge in [0.1, 0.15) is 11.6 Å². The third kappa shape index (κ3) is 2.30. The van der Waals surface area contributed by atoms with Crippen molar-refractivity contribution in [2.24, 2.45) is 0 Å². The average Bonchev–Trinajstić information content (AvgIpc) is 2.80. The molecule has 0 radical (unpaired) electrons. The van der Waals surface area contributed by atoms with Gasteiger partial charge < -0.3 is 9.80 Å². The number of hydrogen-bond acceptors (Lipinski definition) is 3. The van der Waals surface area contributed by atoms with Gasteiger partial charge in [0, 0.05) is 12.6 Å². The lowest BCUT2D eigenvalue weighted by Crippen LogP contribution is -2.38. The number of benzene rings is 1. The van der Waals surface area contributed by atoms with Crippen LogP contribution in [0.2, 0.25) is 0 Å². The molecular weight excluding hydrogens is 318 g/mol. The molecule has 1 aromatic carbocycles. The maximum Gasteiger partial charge on any atom is 0.176 e. The Morgan fingerprint density at radius 1 is 1.29 bits per heavy atom. The van der Waals surface area contributed by atoms with Crippen LogP contribution in [0, 0.1) is 11.6 Å². The van der Waals surface area contributed by atoms with Gasteiger partial charge in [0.05, 0.1) is 29.3 Å². The van der Waals surface area contributed by atoms with Crippen molar-refractivity contribution in [3.63, 3.8) is 0 Å². The van der Waals surface area contributed by atoms with Gasteiger partial charge in [-0.15, -0.1) is 0 Å². The van der Waals surface area contributed by atoms with Crippen molar-refractivity contribution in [2.45, 2.75) is 19.0 Å². The maximum atomic E-state index is 14.0. The highest BCUT2D eigenvalue weighted by Crippen LogP contribution is 2.36. The third-order valence-electron chi connectivity index (χ3n) is 3.99. The van der Waals surface area contributed by atoms with Crippen molar-refractivity contribution in [2.75, 3.05) is 23.0 Å². The molecule has 2 atom stereocenters. The molecule has 114 valence electrons. The number of rotatable bonds is 2. The molecule has 0 N–H and O–H groups in total. The Kier molecular flexibility index (Phi) is 3.40. The Morgan fingerprint density at radius 3 is 2.57 bits per heavy atom. The number of thiocarbonyl (C=S) groups is 1. The van der Waals surface area contributed by atoms with Gasteiger partial charge in [-0.05, 0) is 31.3 Å². The molecule has 8 heteroatoms. The van der Waals surface area contributed by atoms with E-state index in [1.807, 2.05) is 6.92 Å². The monoisotopic (exact) mass is 332 g/mol. The van der Waals surface area contributed by atoms with Crippen LogP contribution in [0.4, 0.5) is 14.5 Å². The summed E-state index contributed by atoms with van der Waals surface area (Å²) in [5, 5.41) is 0.396. The first-order valence-corrected chi connectivity index (χ1v) is 8.82. The Balaban J connectivity index is 2.07. The van der Waals surface area contributed by atoms with Gasteiger partial charge in [-0.1, -0.05) is 0 Å². The largest absolute Gasteiger partial charge is 0.343 e. The van der Waals surface area contributed by atoms with E-state index in [2.05, 4.69) is 0 Å². The molecule has 0 aromatic heterocycles. The molecule has 1 aromatic rings. The van der Waals surface area contributed by atoms with Gasteiger partial charge in [0.2, 0.25) is 0 Å². The van der Waals surface area contributed by atoms with E-state index in [4.69, 9.17) is 12.2 Å². The van der Waals surface area contributed by atoms with Crippen molar-refractivity contribution >= 4 is 32.9 Å². The Labute approximate surface area is 127 Å². The lowest BCUT2D eigenvalue weighted by atomic mass is 10.1. The smallest absolute Gasteiger partial charge is 0.176 e. The minimum Gasteiger partial charge on any atom is -0.343 e. The second kappa shape index (κ2) is 4.88. The fourth-order valence-corrected chi connectivity index (χ4v) is 5.55. The molecule has 3 rings (SSSR count). The molecule has 0 unspecified atom stereocenters. The van der Waals surface area contributed by atoms with Crippen molar-refractivity contribution in [3.05, 3.63) is 29.8 Å². The summed E-state index contributed by atoms with van der Waals surface area (Å²) in [6, 6.07) is 2.55. The van der Waals surface area contributed by atoms with Crippen molar-refractivity contribution in [1.82, 2.24) is 4.90 Å². The van der Waals surface area contributed by atoms with Crippen LogP contribution in [-0.2, 0) is 9.84 Å². The lowest BCUT2D eigenvalue weighted by Gasteiger charge is -2.25. The number of anilines is 1. The third-order valence-corrected chi connectivity index (χ3v) is 6.12. The Bertz CT molecular complexity index is 708. The van der Waals surface area contributed by atoms with Crippen molar-refractivity contribution in [1.29, 1.82) is 0 Å². The number of halogens is 2. The van der Waals surface area contributed by atoms with E-state index in [9.17, 15) is 17.2 Å². The van der Waals surface area contributed by atoms with Crippen LogP contribution in [0.5, 0.6) is 0 Å². The van der Waals surface area contributed by atoms with Gasteiger partial charge >= 0.3 is 0 Å². The summed E-state index contributed by atoms with van der Waals surface area (Å²) >= 11 is 5.36. The standard InChI is InChI=1S/C13H14F2N2O2S2/c1-2-16-11-6-21(18,19)7-12(11)17(13(16)20)10-4-3-8(14)5-9(10)15/h3-5,11-12H,2,6-7H2,1H3/t11-,12-/m1/s1. The molecule has 2 fully saturated rings. The Hall–Kier alpha value is -1.28. The number of sulfone groups is 1. The predicted molar refractivity (Wildman–Crippen MR) is 80.0 cm³/mol. The highest BCUT2D eigenvalue weighted by atomic mass is 32.2. The molecule has 2 aliphatic heterocycles. The first-order chi connectivity index (χ1) is 9.84. The molecule has 0 bridgehead atoms. The van der Waals surface area contributed by atoms with Crippen molar-refractivity contribution in [3.8, 4) is 0 Å². The predicted octanol–water partition coefficient (Wildman–Crippen LogP) is 1.56. The van der Waals surface area contributed by atoms with Crippen LogP contribution < -0.4 is 4.90 Å². The average molecular weight is 332 g/mol. The molecule has 4 nitrogen and oxygen atoms in total. The van der Waals surface area contributed by atoms with Crippen LogP contribution >= 0.6 is 12.2 Å². The highest BCUT2D eigenvalue weighted by Gasteiger charge is 2.52. The zero-order valence-electron chi connectivity index (χ0n) is 11.3. The molecule has 0 saturated carbocycles. The molecule has 2 aliphatic rings. The zero-order valence-corrected chi connectivity index (χ0v) is 12.9. The SMILES string of the molecule is CCN1C(=S)N(c2ccc(F)cc2F)[C@@H]2CS(=O)(=O)C[C@H]21. The molecule has 2 saturated heterocycles. The van der Waals surface area contributed by atoms with E-state index in [0.717, 1.165) is 12.1 Å². The van der Waals surface area contributed by atoms with E-state index in [0.29, 0.717) is 11.7 Å². The molecule has 0 aliphatic carbocycles. The molecular formula is C13H14F2N2O2S2. The first kappa shape index (κ1) is 14.6. The zero-order chi connectivity index (χ0) is 15.4. The molecule has 0 amide bonds. The minimum absolute atomic E-state index is 0.0188. The number of nitrogens with zero attached hydrogens (tertiary/aromatic N) is 2. The summed E-state index contributed by atoms with van der Waals surface area (Å²) in [6.45, 7) is 2.42. The molecule has 2 heterocycles. The second-order valence-electron chi connectivity index (χ2n) is 5.25. The van der Waals surface area contributed by atoms with Crippen LogP contribution in [0.15, 0.2) is 18.2 Å². The van der Waals surface area contributed by atoms with Crippen LogP contribution in [0.25, 0.3) is 0 Å². The number of fused-ring (bicyclic) bond motifs is 1. The van der Waals surface area contributed by atoms with Crippen LogP contribution in [-0.4, -0.2) is 48.6 Å². The summed E-state index contributed by atoms with van der Waals surface area (Å²) in [5.41, 5.74) is 0.129. The second-order valence-corrected chi connectivity index (χ2v) is 7.76. The van der Waals surface area contributed by atoms with Gasteiger partial charge in [-0.25, -0.2) is 17.2 Å². The van der Waals surface area contributed by atoms with E-state index >= 15 is 0 Å². The number of likely N-dealkylation sites (N-methyl/N-ethyl adjacent to an activating group) is 1. The lowest BCUT2D eigenvalue weighted by molar-refractivity contribution is 0.373. The summed E-state index contributed by atoms with van der Waals surface area (Å²) in [5.74, 6) is -1.46. The minimum atomic E-state index is -3.17. The Morgan fingerprint density at radius 2 is 1.95 bits per heavy atom. The van der Waals surface area contributed by atoms with E-state index in [1.165, 1.54) is 11.0 Å². The summed E-state index contributed by atoms with van der Waals surface area (Å²) in [4.78, 5) is 3.32.